The largest absolute Gasteiger partial charge is 0.473 e. The van der Waals surface area contributed by atoms with Gasteiger partial charge in [0.25, 0.3) is 0 Å². The van der Waals surface area contributed by atoms with E-state index < -0.39 is 0 Å². The Bertz CT molecular complexity index is 577. The Kier molecular flexibility index (Phi) is 2.77. The fraction of sp³-hybridized carbons (Fsp3) is 0.125. The fourth-order valence-electron chi connectivity index (χ4n) is 2.19. The lowest BCUT2D eigenvalue weighted by Gasteiger charge is -2.30. The second kappa shape index (κ2) is 4.57. The predicted molar refractivity (Wildman–Crippen MR) is 74.7 cm³/mol. The standard InChI is InChI=1S/C16H15NO/c1-2-13-6-5-8-15(10-13)17-11-14-7-3-4-9-16(14)18-12-17/h2-10H,1,11-12H2. The van der Waals surface area contributed by atoms with Gasteiger partial charge in [0.05, 0.1) is 0 Å². The lowest BCUT2D eigenvalue weighted by Crippen LogP contribution is -2.31. The summed E-state index contributed by atoms with van der Waals surface area (Å²) in [6.45, 7) is 5.28. The molecule has 2 heteroatoms. The van der Waals surface area contributed by atoms with E-state index in [4.69, 9.17) is 4.74 Å². The van der Waals surface area contributed by atoms with Gasteiger partial charge in [-0.1, -0.05) is 43.0 Å². The van der Waals surface area contributed by atoms with Crippen molar-refractivity contribution in [3.8, 4) is 5.75 Å². The number of fused-ring (bicyclic) bond motifs is 1. The normalized spacial score (nSPS) is 13.7. The van der Waals surface area contributed by atoms with Gasteiger partial charge >= 0.3 is 0 Å². The summed E-state index contributed by atoms with van der Waals surface area (Å²) in [6.07, 6.45) is 1.86. The van der Waals surface area contributed by atoms with Crippen molar-refractivity contribution < 1.29 is 4.74 Å². The maximum absolute atomic E-state index is 5.76. The van der Waals surface area contributed by atoms with Crippen LogP contribution in [0.5, 0.6) is 5.75 Å². The summed E-state index contributed by atoms with van der Waals surface area (Å²) in [5.41, 5.74) is 3.53. The molecule has 0 saturated carbocycles. The molecule has 2 nitrogen and oxygen atoms in total. The van der Waals surface area contributed by atoms with E-state index in [2.05, 4.69) is 35.7 Å². The van der Waals surface area contributed by atoms with Crippen molar-refractivity contribution in [2.45, 2.75) is 6.54 Å². The van der Waals surface area contributed by atoms with Crippen LogP contribution in [0.25, 0.3) is 6.08 Å². The van der Waals surface area contributed by atoms with Crippen molar-refractivity contribution in [1.82, 2.24) is 0 Å². The molecule has 18 heavy (non-hydrogen) atoms. The van der Waals surface area contributed by atoms with Crippen LogP contribution in [0.15, 0.2) is 55.1 Å². The zero-order chi connectivity index (χ0) is 12.4. The van der Waals surface area contributed by atoms with Crippen LogP contribution < -0.4 is 9.64 Å². The topological polar surface area (TPSA) is 12.5 Å². The molecule has 0 unspecified atom stereocenters. The van der Waals surface area contributed by atoms with E-state index in [1.165, 1.54) is 11.3 Å². The third-order valence-electron chi connectivity index (χ3n) is 3.18. The minimum absolute atomic E-state index is 0.595. The van der Waals surface area contributed by atoms with Gasteiger partial charge in [0.15, 0.2) is 6.73 Å². The molecule has 90 valence electrons. The number of ether oxygens (including phenoxy) is 1. The molecular formula is C16H15NO. The van der Waals surface area contributed by atoms with Crippen molar-refractivity contribution in [1.29, 1.82) is 0 Å². The first kappa shape index (κ1) is 10.9. The van der Waals surface area contributed by atoms with E-state index in [0.29, 0.717) is 6.73 Å². The van der Waals surface area contributed by atoms with E-state index in [0.717, 1.165) is 17.9 Å². The summed E-state index contributed by atoms with van der Waals surface area (Å²) in [5, 5.41) is 0. The van der Waals surface area contributed by atoms with E-state index in [1.807, 2.05) is 30.3 Å². The van der Waals surface area contributed by atoms with Gasteiger partial charge in [-0.2, -0.15) is 0 Å². The maximum Gasteiger partial charge on any atom is 0.161 e. The monoisotopic (exact) mass is 237 g/mol. The number of hydrogen-bond acceptors (Lipinski definition) is 2. The minimum atomic E-state index is 0.595. The second-order valence-corrected chi connectivity index (χ2v) is 4.38. The van der Waals surface area contributed by atoms with Gasteiger partial charge in [0.1, 0.15) is 5.75 Å². The Hall–Kier alpha value is -2.22. The Morgan fingerprint density at radius 1 is 1.11 bits per heavy atom. The molecule has 1 aliphatic heterocycles. The van der Waals surface area contributed by atoms with Crippen molar-refractivity contribution in [2.75, 3.05) is 11.6 Å². The zero-order valence-corrected chi connectivity index (χ0v) is 10.2. The lowest BCUT2D eigenvalue weighted by molar-refractivity contribution is 0.289. The molecule has 0 atom stereocenters. The lowest BCUT2D eigenvalue weighted by atomic mass is 10.1. The third-order valence-corrected chi connectivity index (χ3v) is 3.18. The molecule has 0 saturated heterocycles. The number of rotatable bonds is 2. The highest BCUT2D eigenvalue weighted by Crippen LogP contribution is 2.28. The van der Waals surface area contributed by atoms with Gasteiger partial charge in [-0.3, -0.25) is 0 Å². The third kappa shape index (κ3) is 1.97. The van der Waals surface area contributed by atoms with E-state index in [9.17, 15) is 0 Å². The number of hydrogen-bond donors (Lipinski definition) is 0. The summed E-state index contributed by atoms with van der Waals surface area (Å²) < 4.78 is 5.76. The van der Waals surface area contributed by atoms with Crippen LogP contribution in [-0.4, -0.2) is 6.73 Å². The van der Waals surface area contributed by atoms with Crippen LogP contribution >= 0.6 is 0 Å². The van der Waals surface area contributed by atoms with E-state index in [-0.39, 0.29) is 0 Å². The first-order valence-corrected chi connectivity index (χ1v) is 6.05. The zero-order valence-electron chi connectivity index (χ0n) is 10.2. The van der Waals surface area contributed by atoms with E-state index >= 15 is 0 Å². The van der Waals surface area contributed by atoms with Crippen LogP contribution in [0, 0.1) is 0 Å². The minimum Gasteiger partial charge on any atom is -0.473 e. The van der Waals surface area contributed by atoms with Gasteiger partial charge in [-0.05, 0) is 23.8 Å². The molecule has 2 aromatic carbocycles. The maximum atomic E-state index is 5.76. The van der Waals surface area contributed by atoms with Crippen LogP contribution in [0.2, 0.25) is 0 Å². The Labute approximate surface area is 107 Å². The molecule has 0 aromatic heterocycles. The molecular weight excluding hydrogens is 222 g/mol. The van der Waals surface area contributed by atoms with Crippen LogP contribution in [-0.2, 0) is 6.54 Å². The molecule has 3 rings (SSSR count). The predicted octanol–water partition coefficient (Wildman–Crippen LogP) is 3.69. The average molecular weight is 237 g/mol. The summed E-state index contributed by atoms with van der Waals surface area (Å²) in [7, 11) is 0. The van der Waals surface area contributed by atoms with Gasteiger partial charge in [0, 0.05) is 17.8 Å². The highest BCUT2D eigenvalue weighted by molar-refractivity contribution is 5.58. The van der Waals surface area contributed by atoms with Gasteiger partial charge in [-0.15, -0.1) is 0 Å². The smallest absolute Gasteiger partial charge is 0.161 e. The summed E-state index contributed by atoms with van der Waals surface area (Å²) in [4.78, 5) is 2.22. The molecule has 1 heterocycles. The Morgan fingerprint density at radius 2 is 2.00 bits per heavy atom. The molecule has 0 fully saturated rings. The number of para-hydroxylation sites is 1. The number of nitrogens with zero attached hydrogens (tertiary/aromatic N) is 1. The molecule has 0 N–H and O–H groups in total. The van der Waals surface area contributed by atoms with Crippen LogP contribution in [0.1, 0.15) is 11.1 Å². The van der Waals surface area contributed by atoms with Gasteiger partial charge in [0.2, 0.25) is 0 Å². The van der Waals surface area contributed by atoms with Gasteiger partial charge in [-0.25, -0.2) is 0 Å². The molecule has 0 aliphatic carbocycles. The van der Waals surface area contributed by atoms with E-state index in [1.54, 1.807) is 0 Å². The highest BCUT2D eigenvalue weighted by atomic mass is 16.5. The number of benzene rings is 2. The van der Waals surface area contributed by atoms with Gasteiger partial charge < -0.3 is 9.64 Å². The molecule has 1 aliphatic rings. The summed E-state index contributed by atoms with van der Waals surface area (Å²) in [6, 6.07) is 16.5. The SMILES string of the molecule is C=Cc1cccc(N2COc3ccccc3C2)c1. The molecule has 0 amide bonds. The first-order chi connectivity index (χ1) is 8.86. The summed E-state index contributed by atoms with van der Waals surface area (Å²) in [5.74, 6) is 0.994. The van der Waals surface area contributed by atoms with Crippen molar-refractivity contribution in [3.63, 3.8) is 0 Å². The second-order valence-electron chi connectivity index (χ2n) is 4.38. The average Bonchev–Trinajstić information content (AvgIpc) is 2.47. The summed E-state index contributed by atoms with van der Waals surface area (Å²) >= 11 is 0. The van der Waals surface area contributed by atoms with Crippen LogP contribution in [0.3, 0.4) is 0 Å². The highest BCUT2D eigenvalue weighted by Gasteiger charge is 2.16. The Morgan fingerprint density at radius 3 is 2.89 bits per heavy atom. The molecule has 0 radical (unpaired) electrons. The molecule has 0 bridgehead atoms. The first-order valence-electron chi connectivity index (χ1n) is 6.05. The number of anilines is 1. The quantitative estimate of drug-likeness (QED) is 0.790. The van der Waals surface area contributed by atoms with Crippen molar-refractivity contribution in [3.05, 3.63) is 66.2 Å². The Balaban J connectivity index is 1.89. The van der Waals surface area contributed by atoms with Crippen molar-refractivity contribution in [2.24, 2.45) is 0 Å². The molecule has 0 spiro atoms. The fourth-order valence-corrected chi connectivity index (χ4v) is 2.19. The van der Waals surface area contributed by atoms with Crippen molar-refractivity contribution >= 4 is 11.8 Å². The van der Waals surface area contributed by atoms with Crippen LogP contribution in [0.4, 0.5) is 5.69 Å². The molecule has 2 aromatic rings.